The minimum Gasteiger partial charge on any atom is -0.508 e. The quantitative estimate of drug-likeness (QED) is 0.341. The first-order chi connectivity index (χ1) is 14.4. The van der Waals surface area contributed by atoms with Gasteiger partial charge in [-0.3, -0.25) is 0 Å². The van der Waals surface area contributed by atoms with Gasteiger partial charge in [0.1, 0.15) is 47.1 Å². The number of ether oxygens (including phenoxy) is 2. The summed E-state index contributed by atoms with van der Waals surface area (Å²) in [5.74, 6) is 0.531. The monoisotopic (exact) mass is 417 g/mol. The van der Waals surface area contributed by atoms with Crippen molar-refractivity contribution in [2.75, 3.05) is 6.61 Å². The number of hydrogen-bond donors (Lipinski definition) is 6. The number of hydrogen-bond acceptors (Lipinski definition) is 8. The summed E-state index contributed by atoms with van der Waals surface area (Å²) >= 11 is 0. The van der Waals surface area contributed by atoms with E-state index in [-0.39, 0.29) is 22.8 Å². The fourth-order valence-corrected chi connectivity index (χ4v) is 3.32. The van der Waals surface area contributed by atoms with Gasteiger partial charge in [0.25, 0.3) is 0 Å². The molecule has 0 aliphatic carbocycles. The molecule has 5 atom stereocenters. The number of aliphatic hydroxyl groups excluding tert-OH is 4. The summed E-state index contributed by atoms with van der Waals surface area (Å²) in [6.07, 6.45) is -7.21. The highest BCUT2D eigenvalue weighted by Crippen LogP contribution is 2.36. The average molecular weight is 417 g/mol. The summed E-state index contributed by atoms with van der Waals surface area (Å²) < 4.78 is 16.9. The zero-order chi connectivity index (χ0) is 21.4. The van der Waals surface area contributed by atoms with E-state index < -0.39 is 37.3 Å². The normalized spacial score (nSPS) is 26.6. The van der Waals surface area contributed by atoms with Crippen LogP contribution in [-0.4, -0.2) is 68.0 Å². The molecule has 2 heterocycles. The molecule has 30 heavy (non-hydrogen) atoms. The van der Waals surface area contributed by atoms with E-state index in [4.69, 9.17) is 13.9 Å². The Morgan fingerprint density at radius 2 is 1.60 bits per heavy atom. The molecule has 9 nitrogen and oxygen atoms in total. The van der Waals surface area contributed by atoms with Gasteiger partial charge in [-0.15, -0.1) is 0 Å². The van der Waals surface area contributed by atoms with Crippen LogP contribution >= 0.6 is 0 Å². The SMILES string of the molecule is OCC1O[C@@H](Oc2cc(O)cc3[o+]c(-c4ccc(O)cc4)ccc23)C(O)C(O)[C@@H]1O. The lowest BCUT2D eigenvalue weighted by molar-refractivity contribution is -0.277. The second-order valence-electron chi connectivity index (χ2n) is 7.02. The molecule has 0 amide bonds. The smallest absolute Gasteiger partial charge is 0.368 e. The topological polar surface area (TPSA) is 151 Å². The summed E-state index contributed by atoms with van der Waals surface area (Å²) in [5.41, 5.74) is 0.981. The van der Waals surface area contributed by atoms with Gasteiger partial charge >= 0.3 is 11.3 Å². The minimum atomic E-state index is -1.59. The number of rotatable bonds is 4. The van der Waals surface area contributed by atoms with Crippen LogP contribution < -0.4 is 4.74 Å². The zero-order valence-corrected chi connectivity index (χ0v) is 15.6. The van der Waals surface area contributed by atoms with Crippen molar-refractivity contribution < 1.29 is 44.5 Å². The van der Waals surface area contributed by atoms with E-state index in [9.17, 15) is 30.6 Å². The Kier molecular flexibility index (Phi) is 5.46. The molecule has 1 aliphatic heterocycles. The third-order valence-electron chi connectivity index (χ3n) is 4.95. The van der Waals surface area contributed by atoms with E-state index in [2.05, 4.69) is 0 Å². The molecule has 3 unspecified atom stereocenters. The molecular weight excluding hydrogens is 396 g/mol. The number of aliphatic hydroxyl groups is 4. The molecule has 1 aromatic heterocycles. The van der Waals surface area contributed by atoms with E-state index in [1.807, 2.05) is 0 Å². The Balaban J connectivity index is 1.68. The maximum absolute atomic E-state index is 10.2. The first-order valence-corrected chi connectivity index (χ1v) is 9.24. The lowest BCUT2D eigenvalue weighted by Gasteiger charge is -2.39. The van der Waals surface area contributed by atoms with Crippen molar-refractivity contribution in [3.05, 3.63) is 48.5 Å². The molecular formula is C21H21O9+. The van der Waals surface area contributed by atoms with Crippen LogP contribution in [0.15, 0.2) is 52.9 Å². The van der Waals surface area contributed by atoms with Gasteiger partial charge in [-0.2, -0.15) is 0 Å². The lowest BCUT2D eigenvalue weighted by Crippen LogP contribution is -2.60. The van der Waals surface area contributed by atoms with Gasteiger partial charge < -0.3 is 40.1 Å². The van der Waals surface area contributed by atoms with Gasteiger partial charge in [-0.25, -0.2) is 4.42 Å². The van der Waals surface area contributed by atoms with E-state index >= 15 is 0 Å². The highest BCUT2D eigenvalue weighted by Gasteiger charge is 2.45. The van der Waals surface area contributed by atoms with Crippen LogP contribution in [0.5, 0.6) is 17.2 Å². The first kappa shape index (κ1) is 20.3. The Morgan fingerprint density at radius 3 is 2.30 bits per heavy atom. The predicted molar refractivity (Wildman–Crippen MR) is 104 cm³/mol. The molecule has 0 bridgehead atoms. The average Bonchev–Trinajstić information content (AvgIpc) is 2.74. The highest BCUT2D eigenvalue weighted by molar-refractivity contribution is 5.86. The summed E-state index contributed by atoms with van der Waals surface area (Å²) in [7, 11) is 0. The molecule has 158 valence electrons. The van der Waals surface area contributed by atoms with Crippen LogP contribution in [0.1, 0.15) is 0 Å². The molecule has 0 spiro atoms. The molecule has 4 rings (SSSR count). The van der Waals surface area contributed by atoms with Crippen molar-refractivity contribution in [3.8, 4) is 28.6 Å². The van der Waals surface area contributed by atoms with Gasteiger partial charge in [0.05, 0.1) is 18.2 Å². The molecule has 0 radical (unpaired) electrons. The van der Waals surface area contributed by atoms with Gasteiger partial charge in [0, 0.05) is 12.1 Å². The molecule has 0 saturated carbocycles. The molecule has 9 heteroatoms. The van der Waals surface area contributed by atoms with Gasteiger partial charge in [0.15, 0.2) is 0 Å². The third kappa shape index (κ3) is 3.76. The van der Waals surface area contributed by atoms with E-state index in [1.54, 1.807) is 24.3 Å². The Labute approximate surface area is 170 Å². The van der Waals surface area contributed by atoms with Crippen LogP contribution in [0, 0.1) is 0 Å². The standard InChI is InChI=1S/C21H20O9/c22-9-17-18(25)19(26)20(27)21(30-17)29-16-8-12(24)7-15-13(16)5-6-14(28-15)10-1-3-11(23)4-2-10/h1-8,17-22,25-27H,9H2,(H-,23,24)/p+1/t17?,18-,19?,20?,21-/m1/s1. The minimum absolute atomic E-state index is 0.107. The maximum atomic E-state index is 10.2. The predicted octanol–water partition coefficient (Wildman–Crippen LogP) is 0.971. The first-order valence-electron chi connectivity index (χ1n) is 9.24. The number of fused-ring (bicyclic) bond motifs is 1. The summed E-state index contributed by atoms with van der Waals surface area (Å²) in [4.78, 5) is 0. The fourth-order valence-electron chi connectivity index (χ4n) is 3.32. The Morgan fingerprint density at radius 1 is 0.867 bits per heavy atom. The van der Waals surface area contributed by atoms with E-state index in [1.165, 1.54) is 24.3 Å². The van der Waals surface area contributed by atoms with Crippen LogP contribution in [0.25, 0.3) is 22.3 Å². The molecule has 6 N–H and O–H groups in total. The molecule has 1 fully saturated rings. The zero-order valence-electron chi connectivity index (χ0n) is 15.6. The molecule has 1 aliphatic rings. The molecule has 3 aromatic rings. The lowest BCUT2D eigenvalue weighted by atomic mass is 9.99. The fraction of sp³-hybridized carbons (Fsp3) is 0.286. The summed E-state index contributed by atoms with van der Waals surface area (Å²) in [5, 5.41) is 59.3. The largest absolute Gasteiger partial charge is 0.508 e. The van der Waals surface area contributed by atoms with Gasteiger partial charge in [-0.1, -0.05) is 0 Å². The van der Waals surface area contributed by atoms with E-state index in [0.717, 1.165) is 0 Å². The van der Waals surface area contributed by atoms with Crippen LogP contribution in [0.4, 0.5) is 0 Å². The second-order valence-corrected chi connectivity index (χ2v) is 7.02. The summed E-state index contributed by atoms with van der Waals surface area (Å²) in [6.45, 7) is -0.586. The van der Waals surface area contributed by atoms with Gasteiger partial charge in [-0.05, 0) is 30.3 Å². The van der Waals surface area contributed by atoms with Crippen molar-refractivity contribution in [2.45, 2.75) is 30.7 Å². The number of phenols is 2. The maximum Gasteiger partial charge on any atom is 0.368 e. The molecule has 1 saturated heterocycles. The van der Waals surface area contributed by atoms with Crippen molar-refractivity contribution in [1.29, 1.82) is 0 Å². The third-order valence-corrected chi connectivity index (χ3v) is 4.95. The van der Waals surface area contributed by atoms with Crippen LogP contribution in [-0.2, 0) is 4.74 Å². The number of aromatic hydroxyl groups is 2. The van der Waals surface area contributed by atoms with Crippen molar-refractivity contribution >= 4 is 11.0 Å². The van der Waals surface area contributed by atoms with E-state index in [0.29, 0.717) is 16.7 Å². The second kappa shape index (κ2) is 8.05. The van der Waals surface area contributed by atoms with Crippen molar-refractivity contribution in [3.63, 3.8) is 0 Å². The van der Waals surface area contributed by atoms with Gasteiger partial charge in [0.2, 0.25) is 6.29 Å². The number of phenolic OH excluding ortho intramolecular Hbond substituents is 2. The molecule has 2 aromatic carbocycles. The summed E-state index contributed by atoms with van der Waals surface area (Å²) in [6, 6.07) is 12.4. The highest BCUT2D eigenvalue weighted by atomic mass is 16.7. The van der Waals surface area contributed by atoms with Crippen molar-refractivity contribution in [2.24, 2.45) is 0 Å². The van der Waals surface area contributed by atoms with Crippen LogP contribution in [0.3, 0.4) is 0 Å². The number of benzene rings is 2. The Bertz CT molecular complexity index is 1030. The van der Waals surface area contributed by atoms with Crippen LogP contribution in [0.2, 0.25) is 0 Å². The Hall–Kier alpha value is -2.95. The van der Waals surface area contributed by atoms with Crippen molar-refractivity contribution in [1.82, 2.24) is 0 Å².